The first-order valence-electron chi connectivity index (χ1n) is 4.77. The predicted octanol–water partition coefficient (Wildman–Crippen LogP) is 3.14. The fourth-order valence-electron chi connectivity index (χ4n) is 1.35. The quantitative estimate of drug-likeness (QED) is 0.746. The van der Waals surface area contributed by atoms with Crippen LogP contribution in [0.5, 0.6) is 0 Å². The molecule has 0 N–H and O–H groups in total. The van der Waals surface area contributed by atoms with Crippen molar-refractivity contribution in [3.8, 4) is 0 Å². The van der Waals surface area contributed by atoms with Crippen molar-refractivity contribution in [3.05, 3.63) is 45.7 Å². The Hall–Kier alpha value is -0.860. The minimum atomic E-state index is -0.549. The van der Waals surface area contributed by atoms with Crippen LogP contribution >= 0.6 is 46.2 Å². The van der Waals surface area contributed by atoms with Crippen molar-refractivity contribution in [2.75, 3.05) is 0 Å². The zero-order chi connectivity index (χ0) is 13.1. The summed E-state index contributed by atoms with van der Waals surface area (Å²) in [5, 5.41) is 8.57. The van der Waals surface area contributed by atoms with Crippen molar-refractivity contribution in [2.24, 2.45) is 0 Å². The molecule has 0 aliphatic rings. The fraction of sp³-hybridized carbons (Fsp3) is 0.100. The molecule has 18 heavy (non-hydrogen) atoms. The molecule has 0 saturated carbocycles. The molecule has 1 heterocycles. The van der Waals surface area contributed by atoms with Gasteiger partial charge in [-0.15, -0.1) is 5.10 Å². The second-order valence-corrected chi connectivity index (χ2v) is 4.62. The van der Waals surface area contributed by atoms with Gasteiger partial charge in [0.05, 0.1) is 12.7 Å². The van der Waals surface area contributed by atoms with Gasteiger partial charge < -0.3 is 3.07 Å². The lowest BCUT2D eigenvalue weighted by Gasteiger charge is -2.05. The Bertz CT molecular complexity index is 568. The van der Waals surface area contributed by atoms with Crippen LogP contribution in [-0.2, 0) is 9.61 Å². The van der Waals surface area contributed by atoms with E-state index in [1.54, 1.807) is 18.2 Å². The van der Waals surface area contributed by atoms with Gasteiger partial charge in [0.1, 0.15) is 0 Å². The lowest BCUT2D eigenvalue weighted by atomic mass is 10.2. The van der Waals surface area contributed by atoms with Gasteiger partial charge in [0.2, 0.25) is 0 Å². The van der Waals surface area contributed by atoms with Crippen molar-refractivity contribution in [1.82, 2.24) is 15.0 Å². The topological polar surface area (TPSA) is 57.0 Å². The molecule has 0 bridgehead atoms. The van der Waals surface area contributed by atoms with Crippen LogP contribution in [0.15, 0.2) is 24.4 Å². The summed E-state index contributed by atoms with van der Waals surface area (Å²) in [7, 11) is 0. The summed E-state index contributed by atoms with van der Waals surface area (Å²) in [6.07, 6.45) is 1.47. The average Bonchev–Trinajstić information content (AvgIpc) is 2.81. The molecule has 0 saturated heterocycles. The van der Waals surface area contributed by atoms with Gasteiger partial charge >= 0.3 is 5.97 Å². The molecule has 0 atom stereocenters. The van der Waals surface area contributed by atoms with Crippen molar-refractivity contribution in [3.63, 3.8) is 0 Å². The number of hydrogen-bond donors (Lipinski definition) is 0. The van der Waals surface area contributed by atoms with Crippen LogP contribution in [0, 0.1) is 0 Å². The summed E-state index contributed by atoms with van der Waals surface area (Å²) in [4.78, 5) is 11.2. The first-order valence-corrected chi connectivity index (χ1v) is 6.41. The molecular formula is C10H6Cl2IN3O2. The first kappa shape index (κ1) is 13.6. The summed E-state index contributed by atoms with van der Waals surface area (Å²) in [6, 6.07) is 5.23. The third-order valence-electron chi connectivity index (χ3n) is 2.20. The van der Waals surface area contributed by atoms with Gasteiger partial charge in [-0.05, 0) is 12.1 Å². The maximum Gasteiger partial charge on any atom is 0.369 e. The van der Waals surface area contributed by atoms with Gasteiger partial charge in [0, 0.05) is 15.6 Å². The highest BCUT2D eigenvalue weighted by Gasteiger charge is 2.13. The number of rotatable bonds is 3. The van der Waals surface area contributed by atoms with E-state index in [9.17, 15) is 4.79 Å². The maximum absolute atomic E-state index is 11.2. The Morgan fingerprint density at radius 1 is 1.39 bits per heavy atom. The highest BCUT2D eigenvalue weighted by Crippen LogP contribution is 2.24. The zero-order valence-electron chi connectivity index (χ0n) is 8.81. The summed E-state index contributed by atoms with van der Waals surface area (Å²) < 4.78 is 5.98. The summed E-state index contributed by atoms with van der Waals surface area (Å²) in [6.45, 7) is 0.333. The summed E-state index contributed by atoms with van der Waals surface area (Å²) in [5.74, 6) is -0.549. The van der Waals surface area contributed by atoms with Crippen LogP contribution in [0.25, 0.3) is 0 Å². The van der Waals surface area contributed by atoms with Crippen LogP contribution in [0.1, 0.15) is 16.1 Å². The van der Waals surface area contributed by atoms with E-state index in [1.807, 2.05) is 0 Å². The van der Waals surface area contributed by atoms with Crippen molar-refractivity contribution in [1.29, 1.82) is 0 Å². The van der Waals surface area contributed by atoms with E-state index < -0.39 is 5.97 Å². The molecule has 5 nitrogen and oxygen atoms in total. The van der Waals surface area contributed by atoms with E-state index in [4.69, 9.17) is 23.2 Å². The van der Waals surface area contributed by atoms with Crippen LogP contribution in [0.4, 0.5) is 0 Å². The van der Waals surface area contributed by atoms with Crippen molar-refractivity contribution >= 4 is 52.2 Å². The Morgan fingerprint density at radius 3 is 2.67 bits per heavy atom. The number of aromatic nitrogens is 3. The molecule has 1 aromatic heterocycles. The molecule has 0 amide bonds. The second-order valence-electron chi connectivity index (χ2n) is 3.37. The predicted molar refractivity (Wildman–Crippen MR) is 75.0 cm³/mol. The number of nitrogens with zero attached hydrogens (tertiary/aromatic N) is 3. The largest absolute Gasteiger partial charge is 0.390 e. The Balaban J connectivity index is 2.24. The molecule has 0 radical (unpaired) electrons. The first-order chi connectivity index (χ1) is 8.61. The lowest BCUT2D eigenvalue weighted by molar-refractivity contribution is 0.0794. The Morgan fingerprint density at radius 2 is 2.06 bits per heavy atom. The molecule has 0 spiro atoms. The maximum atomic E-state index is 11.2. The molecule has 1 aromatic carbocycles. The third kappa shape index (κ3) is 2.93. The lowest BCUT2D eigenvalue weighted by Crippen LogP contribution is -2.02. The highest BCUT2D eigenvalue weighted by atomic mass is 127. The monoisotopic (exact) mass is 397 g/mol. The fourth-order valence-corrected chi connectivity index (χ4v) is 2.10. The van der Waals surface area contributed by atoms with Gasteiger partial charge in [-0.3, -0.25) is 0 Å². The summed E-state index contributed by atoms with van der Waals surface area (Å²) in [5.41, 5.74) is 0.854. The van der Waals surface area contributed by atoms with Crippen LogP contribution < -0.4 is 0 Å². The smallest absolute Gasteiger partial charge is 0.369 e. The van der Waals surface area contributed by atoms with E-state index >= 15 is 0 Å². The Labute approximate surface area is 127 Å². The van der Waals surface area contributed by atoms with E-state index in [-0.39, 0.29) is 5.69 Å². The van der Waals surface area contributed by atoms with E-state index in [1.165, 1.54) is 33.9 Å². The molecular weight excluding hydrogens is 392 g/mol. The number of halogens is 3. The average molecular weight is 398 g/mol. The zero-order valence-corrected chi connectivity index (χ0v) is 12.5. The number of carbonyl (C=O) groups is 1. The normalized spacial score (nSPS) is 10.4. The SMILES string of the molecule is O=C(OI)c1cn(Cc2c(Cl)cccc2Cl)nn1. The van der Waals surface area contributed by atoms with Crippen molar-refractivity contribution in [2.45, 2.75) is 6.54 Å². The van der Waals surface area contributed by atoms with Crippen LogP contribution in [-0.4, -0.2) is 21.0 Å². The van der Waals surface area contributed by atoms with E-state index in [2.05, 4.69) is 13.4 Å². The molecule has 0 aliphatic carbocycles. The minimum Gasteiger partial charge on any atom is -0.390 e. The molecule has 94 valence electrons. The van der Waals surface area contributed by atoms with Gasteiger partial charge in [0.25, 0.3) is 0 Å². The van der Waals surface area contributed by atoms with E-state index in [0.29, 0.717) is 16.6 Å². The van der Waals surface area contributed by atoms with Crippen LogP contribution in [0.3, 0.4) is 0 Å². The standard InChI is InChI=1S/C10H6Cl2IN3O2/c11-7-2-1-3-8(12)6(7)4-16-5-9(14-15-16)10(17)18-13/h1-3,5H,4H2. The molecule has 0 fully saturated rings. The highest BCUT2D eigenvalue weighted by molar-refractivity contribution is 14.1. The molecule has 0 aliphatic heterocycles. The molecule has 2 rings (SSSR count). The van der Waals surface area contributed by atoms with Gasteiger partial charge in [-0.1, -0.05) is 34.5 Å². The van der Waals surface area contributed by atoms with E-state index in [0.717, 1.165) is 5.56 Å². The third-order valence-corrected chi connectivity index (χ3v) is 3.31. The Kier molecular flexibility index (Phi) is 4.41. The minimum absolute atomic E-state index is 0.132. The number of carbonyl (C=O) groups excluding carboxylic acids is 1. The van der Waals surface area contributed by atoms with Crippen molar-refractivity contribution < 1.29 is 7.86 Å². The molecule has 0 unspecified atom stereocenters. The number of hydrogen-bond acceptors (Lipinski definition) is 4. The second kappa shape index (κ2) is 5.85. The number of benzene rings is 1. The molecule has 8 heteroatoms. The van der Waals surface area contributed by atoms with Gasteiger partial charge in [-0.25, -0.2) is 9.48 Å². The van der Waals surface area contributed by atoms with Crippen LogP contribution in [0.2, 0.25) is 10.0 Å². The van der Waals surface area contributed by atoms with Gasteiger partial charge in [0.15, 0.2) is 28.7 Å². The van der Waals surface area contributed by atoms with Gasteiger partial charge in [-0.2, -0.15) is 0 Å². The summed E-state index contributed by atoms with van der Waals surface area (Å²) >= 11 is 13.6. The molecule has 2 aromatic rings.